The summed E-state index contributed by atoms with van der Waals surface area (Å²) in [5.74, 6) is 0.351. The lowest BCUT2D eigenvalue weighted by molar-refractivity contribution is -0.384. The fourth-order valence-electron chi connectivity index (χ4n) is 0.971. The molecule has 0 saturated heterocycles. The number of halogens is 1. The summed E-state index contributed by atoms with van der Waals surface area (Å²) in [7, 11) is 0. The molecule has 0 aliphatic heterocycles. The van der Waals surface area contributed by atoms with E-state index in [2.05, 4.69) is 0 Å². The maximum absolute atomic E-state index is 11.0. The monoisotopic (exact) mass is 243 g/mol. The van der Waals surface area contributed by atoms with E-state index in [4.69, 9.17) is 16.3 Å². The second-order valence-corrected chi connectivity index (χ2v) is 3.98. The van der Waals surface area contributed by atoms with Crippen molar-refractivity contribution in [2.75, 3.05) is 0 Å². The number of hydrogen-bond acceptors (Lipinski definition) is 4. The molecule has 0 heterocycles. The highest BCUT2D eigenvalue weighted by molar-refractivity contribution is 6.65. The van der Waals surface area contributed by atoms with Crippen molar-refractivity contribution in [2.24, 2.45) is 0 Å². The molecule has 1 aromatic carbocycles. The molecule has 0 radical (unpaired) electrons. The van der Waals surface area contributed by atoms with Crippen molar-refractivity contribution < 1.29 is 14.5 Å². The average Bonchev–Trinajstić information content (AvgIpc) is 2.17. The summed E-state index contributed by atoms with van der Waals surface area (Å²) < 4.78 is 5.29. The Morgan fingerprint density at radius 2 is 1.88 bits per heavy atom. The molecule has 0 aromatic heterocycles. The van der Waals surface area contributed by atoms with Crippen molar-refractivity contribution in [3.05, 3.63) is 34.4 Å². The third-order valence-corrected chi connectivity index (χ3v) is 2.35. The highest BCUT2D eigenvalue weighted by Crippen LogP contribution is 2.22. The molecule has 0 fully saturated rings. The molecule has 86 valence electrons. The number of carbonyl (C=O) groups excluding carboxylic acids is 1. The molecule has 0 N–H and O–H groups in total. The normalized spacial score (nSPS) is 10.9. The van der Waals surface area contributed by atoms with Crippen LogP contribution >= 0.6 is 11.6 Å². The van der Waals surface area contributed by atoms with E-state index in [-0.39, 0.29) is 5.69 Å². The Morgan fingerprint density at radius 3 is 2.25 bits per heavy atom. The van der Waals surface area contributed by atoms with Gasteiger partial charge in [-0.2, -0.15) is 0 Å². The van der Waals surface area contributed by atoms with Gasteiger partial charge in [-0.25, -0.2) is 0 Å². The topological polar surface area (TPSA) is 69.4 Å². The van der Waals surface area contributed by atoms with Crippen molar-refractivity contribution in [1.29, 1.82) is 0 Å². The maximum atomic E-state index is 11.0. The van der Waals surface area contributed by atoms with E-state index in [1.54, 1.807) is 0 Å². The average molecular weight is 244 g/mol. The molecule has 16 heavy (non-hydrogen) atoms. The summed E-state index contributed by atoms with van der Waals surface area (Å²) in [6.07, 6.45) is 0. The van der Waals surface area contributed by atoms with Crippen molar-refractivity contribution in [1.82, 2.24) is 0 Å². The summed E-state index contributed by atoms with van der Waals surface area (Å²) in [5, 5.41) is 9.76. The molecule has 0 amide bonds. The fraction of sp³-hybridized carbons (Fsp3) is 0.300. The highest BCUT2D eigenvalue weighted by Gasteiger charge is 2.28. The van der Waals surface area contributed by atoms with Gasteiger partial charge < -0.3 is 4.74 Å². The van der Waals surface area contributed by atoms with Gasteiger partial charge in [0.25, 0.3) is 10.9 Å². The molecule has 5 nitrogen and oxygen atoms in total. The molecule has 0 bridgehead atoms. The van der Waals surface area contributed by atoms with Crippen LogP contribution in [0.25, 0.3) is 0 Å². The van der Waals surface area contributed by atoms with Gasteiger partial charge in [0, 0.05) is 12.1 Å². The van der Waals surface area contributed by atoms with Crippen molar-refractivity contribution >= 4 is 22.5 Å². The summed E-state index contributed by atoms with van der Waals surface area (Å²) in [5.41, 5.74) is -1.19. The van der Waals surface area contributed by atoms with Gasteiger partial charge in [0.1, 0.15) is 5.75 Å². The van der Waals surface area contributed by atoms with Crippen LogP contribution in [0.2, 0.25) is 0 Å². The Morgan fingerprint density at radius 1 is 1.38 bits per heavy atom. The Labute approximate surface area is 97.1 Å². The number of carbonyl (C=O) groups is 1. The summed E-state index contributed by atoms with van der Waals surface area (Å²) in [6.45, 7) is 3.04. The Bertz CT molecular complexity index is 413. The number of nitro groups is 1. The van der Waals surface area contributed by atoms with Gasteiger partial charge in [-0.15, -0.1) is 0 Å². The van der Waals surface area contributed by atoms with Crippen LogP contribution in [0.15, 0.2) is 24.3 Å². The molecule has 0 saturated carbocycles. The molecular weight excluding hydrogens is 234 g/mol. The van der Waals surface area contributed by atoms with Gasteiger partial charge in [0.15, 0.2) is 5.60 Å². The van der Waals surface area contributed by atoms with E-state index in [0.717, 1.165) is 0 Å². The second kappa shape index (κ2) is 4.49. The molecule has 0 atom stereocenters. The van der Waals surface area contributed by atoms with Crippen molar-refractivity contribution in [3.8, 4) is 5.75 Å². The van der Waals surface area contributed by atoms with Crippen LogP contribution in [0.5, 0.6) is 5.75 Å². The van der Waals surface area contributed by atoms with Crippen LogP contribution in [0.1, 0.15) is 13.8 Å². The van der Waals surface area contributed by atoms with E-state index < -0.39 is 15.8 Å². The first-order valence-corrected chi connectivity index (χ1v) is 4.84. The Kier molecular flexibility index (Phi) is 3.49. The molecule has 1 rings (SSSR count). The smallest absolute Gasteiger partial charge is 0.269 e. The second-order valence-electron chi connectivity index (χ2n) is 3.64. The van der Waals surface area contributed by atoms with Crippen molar-refractivity contribution in [2.45, 2.75) is 19.4 Å². The predicted octanol–water partition coefficient (Wildman–Crippen LogP) is 2.52. The van der Waals surface area contributed by atoms with Crippen LogP contribution < -0.4 is 4.74 Å². The zero-order valence-electron chi connectivity index (χ0n) is 8.77. The lowest BCUT2D eigenvalue weighted by Gasteiger charge is -2.21. The van der Waals surface area contributed by atoms with E-state index in [1.807, 2.05) is 0 Å². The number of nitrogens with zero attached hydrogens (tertiary/aromatic N) is 1. The lowest BCUT2D eigenvalue weighted by atomic mass is 10.1. The molecule has 0 aliphatic rings. The van der Waals surface area contributed by atoms with E-state index in [1.165, 1.54) is 38.1 Å². The number of rotatable bonds is 4. The van der Waals surface area contributed by atoms with E-state index >= 15 is 0 Å². The van der Waals surface area contributed by atoms with Crippen LogP contribution in [-0.4, -0.2) is 15.8 Å². The van der Waals surface area contributed by atoms with Gasteiger partial charge in [-0.3, -0.25) is 14.9 Å². The number of nitro benzene ring substituents is 1. The summed E-state index contributed by atoms with van der Waals surface area (Å²) in [4.78, 5) is 20.9. The molecule has 1 aromatic rings. The Hall–Kier alpha value is -1.62. The summed E-state index contributed by atoms with van der Waals surface area (Å²) in [6, 6.07) is 5.42. The quantitative estimate of drug-likeness (QED) is 0.463. The van der Waals surface area contributed by atoms with E-state index in [0.29, 0.717) is 5.75 Å². The number of non-ortho nitro benzene ring substituents is 1. The minimum Gasteiger partial charge on any atom is -0.479 e. The zero-order chi connectivity index (χ0) is 12.3. The standard InChI is InChI=1S/C10H10ClNO4/c1-10(2,9(11)13)16-8-5-3-7(4-6-8)12(14)15/h3-6H,1-2H3. The maximum Gasteiger partial charge on any atom is 0.269 e. The molecule has 6 heteroatoms. The van der Waals surface area contributed by atoms with Gasteiger partial charge in [0.2, 0.25) is 0 Å². The van der Waals surface area contributed by atoms with Crippen LogP contribution in [0.3, 0.4) is 0 Å². The minimum atomic E-state index is -1.16. The molecule has 0 aliphatic carbocycles. The van der Waals surface area contributed by atoms with Gasteiger partial charge in [-0.05, 0) is 37.6 Å². The summed E-state index contributed by atoms with van der Waals surface area (Å²) >= 11 is 5.33. The van der Waals surface area contributed by atoms with Crippen LogP contribution in [-0.2, 0) is 4.79 Å². The first kappa shape index (κ1) is 12.4. The fourth-order valence-corrected chi connectivity index (χ4v) is 1.01. The van der Waals surface area contributed by atoms with Crippen LogP contribution in [0, 0.1) is 10.1 Å². The number of benzene rings is 1. The SMILES string of the molecule is CC(C)(Oc1ccc([N+](=O)[O-])cc1)C(=O)Cl. The number of hydrogen-bond donors (Lipinski definition) is 0. The highest BCUT2D eigenvalue weighted by atomic mass is 35.5. The Balaban J connectivity index is 2.84. The number of ether oxygens (including phenoxy) is 1. The lowest BCUT2D eigenvalue weighted by Crippen LogP contribution is -2.34. The van der Waals surface area contributed by atoms with Gasteiger partial charge in [0.05, 0.1) is 4.92 Å². The van der Waals surface area contributed by atoms with Gasteiger partial charge in [-0.1, -0.05) is 0 Å². The first-order valence-electron chi connectivity index (χ1n) is 4.46. The molecular formula is C10H10ClNO4. The first-order chi connectivity index (χ1) is 7.33. The predicted molar refractivity (Wildman–Crippen MR) is 58.7 cm³/mol. The van der Waals surface area contributed by atoms with Crippen LogP contribution in [0.4, 0.5) is 5.69 Å². The van der Waals surface area contributed by atoms with E-state index in [9.17, 15) is 14.9 Å². The minimum absolute atomic E-state index is 0.0395. The zero-order valence-corrected chi connectivity index (χ0v) is 9.52. The van der Waals surface area contributed by atoms with Crippen molar-refractivity contribution in [3.63, 3.8) is 0 Å². The molecule has 0 unspecified atom stereocenters. The third kappa shape index (κ3) is 2.93. The van der Waals surface area contributed by atoms with Gasteiger partial charge >= 0.3 is 0 Å². The third-order valence-electron chi connectivity index (χ3n) is 1.89. The largest absolute Gasteiger partial charge is 0.479 e. The molecule has 0 spiro atoms.